The van der Waals surface area contributed by atoms with E-state index < -0.39 is 0 Å². The second kappa shape index (κ2) is 7.63. The summed E-state index contributed by atoms with van der Waals surface area (Å²) >= 11 is 0. The quantitative estimate of drug-likeness (QED) is 0.825. The van der Waals surface area contributed by atoms with Crippen LogP contribution >= 0.6 is 0 Å². The molecule has 3 nitrogen and oxygen atoms in total. The van der Waals surface area contributed by atoms with E-state index in [0.717, 1.165) is 5.84 Å². The van der Waals surface area contributed by atoms with Crippen molar-refractivity contribution in [3.63, 3.8) is 0 Å². The molecule has 0 amide bonds. The molecule has 3 heteroatoms. The van der Waals surface area contributed by atoms with Crippen LogP contribution in [-0.2, 0) is 10.3 Å². The number of rotatable bonds is 5. The first-order valence-electron chi connectivity index (χ1n) is 9.82. The van der Waals surface area contributed by atoms with Crippen LogP contribution in [0.4, 0.5) is 0 Å². The molecule has 0 spiro atoms. The first-order chi connectivity index (χ1) is 12.8. The predicted octanol–water partition coefficient (Wildman–Crippen LogP) is 4.99. The van der Waals surface area contributed by atoms with Crippen molar-refractivity contribution < 1.29 is 4.74 Å². The van der Waals surface area contributed by atoms with Crippen LogP contribution in [0.2, 0.25) is 0 Å². The van der Waals surface area contributed by atoms with E-state index in [9.17, 15) is 0 Å². The molecule has 26 heavy (non-hydrogen) atoms. The van der Waals surface area contributed by atoms with Crippen molar-refractivity contribution in [3.05, 3.63) is 71.8 Å². The number of benzene rings is 2. The third-order valence-electron chi connectivity index (χ3n) is 5.73. The van der Waals surface area contributed by atoms with Gasteiger partial charge in [0, 0.05) is 0 Å². The summed E-state index contributed by atoms with van der Waals surface area (Å²) in [4.78, 5) is 5.05. The maximum Gasteiger partial charge on any atom is 0.124 e. The molecular weight excluding hydrogens is 320 g/mol. The summed E-state index contributed by atoms with van der Waals surface area (Å²) in [6, 6.07) is 21.3. The highest BCUT2D eigenvalue weighted by Crippen LogP contribution is 2.41. The van der Waals surface area contributed by atoms with E-state index in [2.05, 4.69) is 72.9 Å². The molecule has 1 heterocycles. The first kappa shape index (κ1) is 17.3. The van der Waals surface area contributed by atoms with Gasteiger partial charge >= 0.3 is 0 Å². The minimum absolute atomic E-state index is 0.0519. The molecule has 1 saturated carbocycles. The Kier molecular flexibility index (Phi) is 5.07. The van der Waals surface area contributed by atoms with Crippen LogP contribution in [0.5, 0.6) is 0 Å². The number of nitrogens with one attached hydrogen (secondary N) is 1. The molecule has 2 aliphatic rings. The van der Waals surface area contributed by atoms with Gasteiger partial charge in [-0.25, -0.2) is 0 Å². The fraction of sp³-hybridized carbons (Fsp3) is 0.435. The predicted molar refractivity (Wildman–Crippen MR) is 106 cm³/mol. The van der Waals surface area contributed by atoms with Gasteiger partial charge in [0.15, 0.2) is 0 Å². The summed E-state index contributed by atoms with van der Waals surface area (Å²) in [7, 11) is 0. The van der Waals surface area contributed by atoms with Gasteiger partial charge in [-0.15, -0.1) is 0 Å². The number of hydrogen-bond donors (Lipinski definition) is 1. The molecule has 2 aromatic rings. The zero-order valence-corrected chi connectivity index (χ0v) is 15.5. The number of amidine groups is 1. The molecule has 1 aliphatic heterocycles. The van der Waals surface area contributed by atoms with Gasteiger partial charge in [-0.2, -0.15) is 0 Å². The summed E-state index contributed by atoms with van der Waals surface area (Å²) in [5, 5.41) is 3.70. The van der Waals surface area contributed by atoms with Gasteiger partial charge in [0.2, 0.25) is 0 Å². The van der Waals surface area contributed by atoms with Crippen LogP contribution < -0.4 is 5.32 Å². The molecule has 2 atom stereocenters. The monoisotopic (exact) mass is 348 g/mol. The number of ether oxygens (including phenoxy) is 1. The lowest BCUT2D eigenvalue weighted by Crippen LogP contribution is -2.43. The van der Waals surface area contributed by atoms with Gasteiger partial charge in [0.05, 0.1) is 11.6 Å². The first-order valence-corrected chi connectivity index (χ1v) is 9.82. The maximum atomic E-state index is 6.19. The van der Waals surface area contributed by atoms with Gasteiger partial charge in [-0.1, -0.05) is 79.9 Å². The molecule has 0 bridgehead atoms. The third kappa shape index (κ3) is 3.54. The molecule has 1 N–H and O–H groups in total. The summed E-state index contributed by atoms with van der Waals surface area (Å²) in [6.45, 7) is 2.83. The van der Waals surface area contributed by atoms with E-state index in [1.807, 2.05) is 0 Å². The Labute approximate surface area is 156 Å². The normalized spacial score (nSPS) is 26.3. The second-order valence-electron chi connectivity index (χ2n) is 7.65. The Bertz CT molecular complexity index is 737. The molecule has 2 unspecified atom stereocenters. The van der Waals surface area contributed by atoms with Gasteiger partial charge in [-0.3, -0.25) is 4.99 Å². The topological polar surface area (TPSA) is 33.6 Å². The highest BCUT2D eigenvalue weighted by molar-refractivity contribution is 5.87. The molecule has 4 rings (SSSR count). The van der Waals surface area contributed by atoms with Gasteiger partial charge in [-0.05, 0) is 30.9 Å². The maximum absolute atomic E-state index is 6.19. The number of aliphatic imine (C=N–C) groups is 1. The zero-order chi connectivity index (χ0) is 17.8. The average Bonchev–Trinajstić information content (AvgIpc) is 3.06. The van der Waals surface area contributed by atoms with Crippen LogP contribution in [0.25, 0.3) is 0 Å². The zero-order valence-electron chi connectivity index (χ0n) is 15.5. The Hall–Kier alpha value is -2.13. The molecule has 1 aliphatic carbocycles. The van der Waals surface area contributed by atoms with Crippen molar-refractivity contribution in [2.75, 3.05) is 6.61 Å². The Morgan fingerprint density at radius 1 is 0.962 bits per heavy atom. The number of nitrogens with zero attached hydrogens (tertiary/aromatic N) is 1. The Morgan fingerprint density at radius 3 is 2.31 bits per heavy atom. The standard InChI is InChI=1S/C23H28N2O/c1-23(19-13-7-3-8-14-19)22(18-11-5-2-6-12-18)24-21(25-23)17-26-20-15-9-4-10-16-20/h2-3,5-8,11-14,20,22H,4,9-10,15-17H2,1H3,(H,24,25). The highest BCUT2D eigenvalue weighted by atomic mass is 16.5. The number of hydrogen-bond acceptors (Lipinski definition) is 3. The lowest BCUT2D eigenvalue weighted by atomic mass is 9.82. The van der Waals surface area contributed by atoms with E-state index in [1.54, 1.807) is 0 Å². The summed E-state index contributed by atoms with van der Waals surface area (Å²) in [6.07, 6.45) is 6.70. The fourth-order valence-electron chi connectivity index (χ4n) is 4.24. The van der Waals surface area contributed by atoms with Crippen LogP contribution in [0, 0.1) is 0 Å². The molecule has 0 radical (unpaired) electrons. The Morgan fingerprint density at radius 2 is 1.62 bits per heavy atom. The van der Waals surface area contributed by atoms with Crippen molar-refractivity contribution in [2.24, 2.45) is 4.99 Å². The van der Waals surface area contributed by atoms with Crippen molar-refractivity contribution in [1.29, 1.82) is 0 Å². The average molecular weight is 348 g/mol. The molecule has 2 aromatic carbocycles. The Balaban J connectivity index is 1.57. The molecule has 1 fully saturated rings. The van der Waals surface area contributed by atoms with Crippen LogP contribution in [0.3, 0.4) is 0 Å². The molecule has 0 saturated heterocycles. The van der Waals surface area contributed by atoms with E-state index in [0.29, 0.717) is 12.7 Å². The van der Waals surface area contributed by atoms with E-state index in [-0.39, 0.29) is 11.6 Å². The molecular formula is C23H28N2O. The van der Waals surface area contributed by atoms with E-state index >= 15 is 0 Å². The summed E-state index contributed by atoms with van der Waals surface area (Å²) in [5.74, 6) is 0.968. The van der Waals surface area contributed by atoms with Gasteiger partial charge in [0.1, 0.15) is 18.5 Å². The third-order valence-corrected chi connectivity index (χ3v) is 5.73. The van der Waals surface area contributed by atoms with Crippen molar-refractivity contribution in [1.82, 2.24) is 5.32 Å². The van der Waals surface area contributed by atoms with Crippen molar-refractivity contribution in [3.8, 4) is 0 Å². The summed E-state index contributed by atoms with van der Waals surface area (Å²) in [5.41, 5.74) is 2.23. The SMILES string of the molecule is CC1(c2ccccc2)NC(COC2CCCCC2)=NC1c1ccccc1. The lowest BCUT2D eigenvalue weighted by Gasteiger charge is -2.32. The van der Waals surface area contributed by atoms with Crippen LogP contribution in [0.1, 0.15) is 56.2 Å². The van der Waals surface area contributed by atoms with Crippen LogP contribution in [0.15, 0.2) is 65.7 Å². The second-order valence-corrected chi connectivity index (χ2v) is 7.65. The smallest absolute Gasteiger partial charge is 0.124 e. The van der Waals surface area contributed by atoms with Crippen molar-refractivity contribution in [2.45, 2.75) is 56.7 Å². The summed E-state index contributed by atoms with van der Waals surface area (Å²) < 4.78 is 6.19. The minimum Gasteiger partial charge on any atom is -0.370 e. The van der Waals surface area contributed by atoms with Gasteiger partial charge < -0.3 is 10.1 Å². The highest BCUT2D eigenvalue weighted by Gasteiger charge is 2.42. The van der Waals surface area contributed by atoms with E-state index in [1.165, 1.54) is 43.2 Å². The van der Waals surface area contributed by atoms with Crippen LogP contribution in [-0.4, -0.2) is 18.5 Å². The fourth-order valence-corrected chi connectivity index (χ4v) is 4.24. The molecule has 136 valence electrons. The largest absolute Gasteiger partial charge is 0.370 e. The van der Waals surface area contributed by atoms with Crippen molar-refractivity contribution >= 4 is 5.84 Å². The van der Waals surface area contributed by atoms with E-state index in [4.69, 9.17) is 9.73 Å². The minimum atomic E-state index is -0.256. The van der Waals surface area contributed by atoms with Gasteiger partial charge in [0.25, 0.3) is 0 Å². The molecule has 0 aromatic heterocycles. The lowest BCUT2D eigenvalue weighted by molar-refractivity contribution is 0.0517.